The van der Waals surface area contributed by atoms with Gasteiger partial charge < -0.3 is 10.6 Å². The molecule has 1 aromatic carbocycles. The number of hydrogen-bond acceptors (Lipinski definition) is 4. The van der Waals surface area contributed by atoms with E-state index >= 15 is 0 Å². The molecule has 0 saturated carbocycles. The zero-order chi connectivity index (χ0) is 14.2. The fraction of sp³-hybridized carbons (Fsp3) is 0.462. The monoisotopic (exact) mass is 282 g/mol. The van der Waals surface area contributed by atoms with Crippen molar-refractivity contribution in [1.82, 2.24) is 4.90 Å². The fourth-order valence-corrected chi connectivity index (χ4v) is 3.87. The van der Waals surface area contributed by atoms with Crippen LogP contribution in [0.3, 0.4) is 0 Å². The first-order chi connectivity index (χ1) is 8.80. The van der Waals surface area contributed by atoms with Crippen LogP contribution in [0.2, 0.25) is 0 Å². The molecule has 0 bridgehead atoms. The number of hydrogen-bond donors (Lipinski definition) is 1. The van der Waals surface area contributed by atoms with Gasteiger partial charge in [-0.2, -0.15) is 0 Å². The van der Waals surface area contributed by atoms with Crippen molar-refractivity contribution in [2.45, 2.75) is 19.9 Å². The van der Waals surface area contributed by atoms with Crippen molar-refractivity contribution in [3.8, 4) is 0 Å². The topological polar surface area (TPSA) is 80.5 Å². The van der Waals surface area contributed by atoms with E-state index in [1.807, 2.05) is 13.0 Å². The van der Waals surface area contributed by atoms with Gasteiger partial charge in [-0.25, -0.2) is 8.42 Å². The van der Waals surface area contributed by atoms with Gasteiger partial charge in [0.25, 0.3) is 5.91 Å². The number of nitrogens with zero attached hydrogens (tertiary/aromatic N) is 1. The van der Waals surface area contributed by atoms with E-state index in [9.17, 15) is 13.2 Å². The summed E-state index contributed by atoms with van der Waals surface area (Å²) in [6.07, 6.45) is 0. The Hall–Kier alpha value is -1.56. The number of benzene rings is 1. The molecule has 1 heterocycles. The molecule has 0 radical (unpaired) electrons. The minimum atomic E-state index is -3.02. The summed E-state index contributed by atoms with van der Waals surface area (Å²) in [7, 11) is -3.02. The standard InChI is InChI=1S/C13H18N2O3S/c1-9-3-4-12(14)11(7-9)13(16)15-5-6-19(17,18)8-10(15)2/h3-4,7,10H,5-6,8,14H2,1-2H3. The number of carbonyl (C=O) groups excluding carboxylic acids is 1. The van der Waals surface area contributed by atoms with E-state index in [1.54, 1.807) is 24.0 Å². The molecule has 1 aromatic rings. The van der Waals surface area contributed by atoms with Gasteiger partial charge in [0.15, 0.2) is 9.84 Å². The molecule has 1 saturated heterocycles. The van der Waals surface area contributed by atoms with Gasteiger partial charge in [0.2, 0.25) is 0 Å². The normalized spacial score (nSPS) is 22.2. The molecule has 19 heavy (non-hydrogen) atoms. The number of carbonyl (C=O) groups is 1. The summed E-state index contributed by atoms with van der Waals surface area (Å²) in [5.74, 6) is -0.150. The molecule has 2 N–H and O–H groups in total. The quantitative estimate of drug-likeness (QED) is 0.774. The zero-order valence-corrected chi connectivity index (χ0v) is 11.9. The summed E-state index contributed by atoms with van der Waals surface area (Å²) >= 11 is 0. The van der Waals surface area contributed by atoms with Crippen LogP contribution in [0.25, 0.3) is 0 Å². The van der Waals surface area contributed by atoms with Crippen molar-refractivity contribution < 1.29 is 13.2 Å². The van der Waals surface area contributed by atoms with Crippen LogP contribution in [-0.4, -0.2) is 43.3 Å². The fourth-order valence-electron chi connectivity index (χ4n) is 2.31. The van der Waals surface area contributed by atoms with Crippen LogP contribution in [0.15, 0.2) is 18.2 Å². The molecule has 5 nitrogen and oxygen atoms in total. The van der Waals surface area contributed by atoms with Crippen molar-refractivity contribution in [1.29, 1.82) is 0 Å². The van der Waals surface area contributed by atoms with Gasteiger partial charge >= 0.3 is 0 Å². The second kappa shape index (κ2) is 4.85. The van der Waals surface area contributed by atoms with E-state index in [1.165, 1.54) is 0 Å². The Balaban J connectivity index is 2.27. The molecule has 0 aliphatic carbocycles. The molecule has 1 amide bonds. The Kier molecular flexibility index (Phi) is 3.54. The molecule has 0 aromatic heterocycles. The SMILES string of the molecule is Cc1ccc(N)c(C(=O)N2CCS(=O)(=O)CC2C)c1. The summed E-state index contributed by atoms with van der Waals surface area (Å²) in [6, 6.07) is 4.98. The van der Waals surface area contributed by atoms with Gasteiger partial charge in [0.05, 0.1) is 17.1 Å². The van der Waals surface area contributed by atoms with Crippen molar-refractivity contribution in [3.63, 3.8) is 0 Å². The third-order valence-corrected chi connectivity index (χ3v) is 5.17. The Morgan fingerprint density at radius 2 is 2.11 bits per heavy atom. The largest absolute Gasteiger partial charge is 0.398 e. The van der Waals surface area contributed by atoms with E-state index in [-0.39, 0.29) is 30.0 Å². The van der Waals surface area contributed by atoms with E-state index < -0.39 is 9.84 Å². The van der Waals surface area contributed by atoms with Crippen LogP contribution in [0, 0.1) is 6.92 Å². The molecule has 1 unspecified atom stereocenters. The first-order valence-corrected chi connectivity index (χ1v) is 8.00. The first kappa shape index (κ1) is 13.9. The maximum Gasteiger partial charge on any atom is 0.256 e. The van der Waals surface area contributed by atoms with Gasteiger partial charge in [-0.1, -0.05) is 11.6 Å². The summed E-state index contributed by atoms with van der Waals surface area (Å²) in [5, 5.41) is 0. The van der Waals surface area contributed by atoms with Gasteiger partial charge in [0.1, 0.15) is 0 Å². The van der Waals surface area contributed by atoms with Crippen LogP contribution < -0.4 is 5.73 Å². The zero-order valence-electron chi connectivity index (χ0n) is 11.1. The summed E-state index contributed by atoms with van der Waals surface area (Å²) < 4.78 is 23.0. The van der Waals surface area contributed by atoms with E-state index in [2.05, 4.69) is 0 Å². The lowest BCUT2D eigenvalue weighted by Gasteiger charge is -2.33. The van der Waals surface area contributed by atoms with Crippen molar-refractivity contribution in [2.75, 3.05) is 23.8 Å². The maximum absolute atomic E-state index is 12.4. The number of amides is 1. The van der Waals surface area contributed by atoms with E-state index in [0.29, 0.717) is 11.3 Å². The second-order valence-corrected chi connectivity index (χ2v) is 7.28. The van der Waals surface area contributed by atoms with Crippen molar-refractivity contribution in [3.05, 3.63) is 29.3 Å². The Morgan fingerprint density at radius 3 is 2.74 bits per heavy atom. The first-order valence-electron chi connectivity index (χ1n) is 6.18. The number of nitrogens with two attached hydrogens (primary N) is 1. The number of aryl methyl sites for hydroxylation is 1. The average molecular weight is 282 g/mol. The van der Waals surface area contributed by atoms with Crippen LogP contribution in [0.5, 0.6) is 0 Å². The van der Waals surface area contributed by atoms with Crippen molar-refractivity contribution in [2.24, 2.45) is 0 Å². The smallest absolute Gasteiger partial charge is 0.256 e. The second-order valence-electron chi connectivity index (χ2n) is 5.05. The molecular formula is C13H18N2O3S. The number of sulfone groups is 1. The Labute approximate surface area is 113 Å². The van der Waals surface area contributed by atoms with Gasteiger partial charge in [-0.15, -0.1) is 0 Å². The molecule has 104 valence electrons. The maximum atomic E-state index is 12.4. The summed E-state index contributed by atoms with van der Waals surface area (Å²) in [6.45, 7) is 3.87. The van der Waals surface area contributed by atoms with E-state index in [4.69, 9.17) is 5.73 Å². The number of anilines is 1. The predicted octanol–water partition coefficient (Wildman–Crippen LogP) is 0.836. The van der Waals surface area contributed by atoms with E-state index in [0.717, 1.165) is 5.56 Å². The van der Waals surface area contributed by atoms with Gasteiger partial charge in [0, 0.05) is 18.3 Å². The molecule has 1 atom stereocenters. The predicted molar refractivity (Wildman–Crippen MR) is 74.7 cm³/mol. The average Bonchev–Trinajstić information content (AvgIpc) is 2.30. The Morgan fingerprint density at radius 1 is 1.42 bits per heavy atom. The molecule has 6 heteroatoms. The van der Waals surface area contributed by atoms with Crippen molar-refractivity contribution >= 4 is 21.4 Å². The molecule has 1 aliphatic heterocycles. The number of rotatable bonds is 1. The minimum absolute atomic E-state index is 0.0183. The summed E-state index contributed by atoms with van der Waals surface area (Å²) in [4.78, 5) is 14.0. The number of nitrogen functional groups attached to an aromatic ring is 1. The molecule has 2 rings (SSSR count). The molecular weight excluding hydrogens is 264 g/mol. The lowest BCUT2D eigenvalue weighted by molar-refractivity contribution is 0.0713. The Bertz CT molecular complexity index is 610. The highest BCUT2D eigenvalue weighted by Gasteiger charge is 2.32. The highest BCUT2D eigenvalue weighted by Crippen LogP contribution is 2.20. The highest BCUT2D eigenvalue weighted by molar-refractivity contribution is 7.91. The minimum Gasteiger partial charge on any atom is -0.398 e. The van der Waals surface area contributed by atoms with Crippen LogP contribution in [-0.2, 0) is 9.84 Å². The lowest BCUT2D eigenvalue weighted by atomic mass is 10.1. The molecule has 0 spiro atoms. The lowest BCUT2D eigenvalue weighted by Crippen LogP contribution is -2.49. The highest BCUT2D eigenvalue weighted by atomic mass is 32.2. The van der Waals surface area contributed by atoms with Gasteiger partial charge in [-0.3, -0.25) is 4.79 Å². The molecule has 1 aliphatic rings. The molecule has 1 fully saturated rings. The van der Waals surface area contributed by atoms with Crippen LogP contribution in [0.4, 0.5) is 5.69 Å². The summed E-state index contributed by atoms with van der Waals surface area (Å²) in [5.41, 5.74) is 7.66. The van der Waals surface area contributed by atoms with Crippen LogP contribution >= 0.6 is 0 Å². The van der Waals surface area contributed by atoms with Crippen LogP contribution in [0.1, 0.15) is 22.8 Å². The third-order valence-electron chi connectivity index (χ3n) is 3.37. The third kappa shape index (κ3) is 2.89. The van der Waals surface area contributed by atoms with Gasteiger partial charge in [-0.05, 0) is 26.0 Å².